The molecule has 0 aliphatic heterocycles. The smallest absolute Gasteiger partial charge is 0.164 e. The number of nitrogens with zero attached hydrogens (tertiary/aromatic N) is 9. The molecule has 7 aromatic heterocycles. The maximum absolute atomic E-state index is 5.07. The van der Waals surface area contributed by atoms with Gasteiger partial charge in [0.1, 0.15) is 0 Å². The number of thiophene rings is 2. The van der Waals surface area contributed by atoms with Crippen molar-refractivity contribution in [3.63, 3.8) is 0 Å². The second-order valence-electron chi connectivity index (χ2n) is 26.9. The van der Waals surface area contributed by atoms with E-state index in [1.807, 2.05) is 120 Å². The zero-order valence-electron chi connectivity index (χ0n) is 57.4. The summed E-state index contributed by atoms with van der Waals surface area (Å²) in [6, 6.07) is 126. The van der Waals surface area contributed by atoms with E-state index in [9.17, 15) is 0 Å². The Bertz CT molecular complexity index is 7110. The van der Waals surface area contributed by atoms with E-state index in [1.54, 1.807) is 0 Å². The minimum absolute atomic E-state index is 0.636. The molecule has 0 aliphatic rings. The van der Waals surface area contributed by atoms with Gasteiger partial charge < -0.3 is 13.7 Å². The monoisotopic (exact) mass is 1400 g/mol. The number of hydrogen-bond donors (Lipinski definition) is 0. The van der Waals surface area contributed by atoms with Crippen molar-refractivity contribution in [1.29, 1.82) is 0 Å². The summed E-state index contributed by atoms with van der Waals surface area (Å²) in [4.78, 5) is 30.0. The van der Waals surface area contributed by atoms with E-state index in [0.29, 0.717) is 34.9 Å². The lowest BCUT2D eigenvalue weighted by molar-refractivity contribution is 1.07. The fourth-order valence-corrected chi connectivity index (χ4v) is 17.9. The molecule has 0 atom stereocenters. The largest absolute Gasteiger partial charge is 0.309 e. The molecule has 22 rings (SSSR count). The third kappa shape index (κ3) is 10.6. The van der Waals surface area contributed by atoms with Crippen molar-refractivity contribution in [3.05, 3.63) is 358 Å². The van der Waals surface area contributed by atoms with Crippen LogP contribution in [0.5, 0.6) is 0 Å². The maximum Gasteiger partial charge on any atom is 0.164 e. The highest BCUT2D eigenvalue weighted by Crippen LogP contribution is 2.47. The third-order valence-electron chi connectivity index (χ3n) is 20.6. The summed E-state index contributed by atoms with van der Waals surface area (Å²) in [5.74, 6) is 3.86. The fraction of sp³-hybridized carbons (Fsp3) is 0. The van der Waals surface area contributed by atoms with Gasteiger partial charge >= 0.3 is 0 Å². The topological polar surface area (TPSA) is 92.1 Å². The van der Waals surface area contributed by atoms with Crippen molar-refractivity contribution in [3.8, 4) is 96.5 Å². The van der Waals surface area contributed by atoms with Crippen molar-refractivity contribution >= 4 is 128 Å². The van der Waals surface area contributed by atoms with Gasteiger partial charge in [-0.3, -0.25) is 0 Å². The maximum atomic E-state index is 5.07. The van der Waals surface area contributed by atoms with Gasteiger partial charge in [-0.2, -0.15) is 0 Å². The Hall–Kier alpha value is -13.8. The van der Waals surface area contributed by atoms with Crippen molar-refractivity contribution in [2.45, 2.75) is 0 Å². The predicted molar refractivity (Wildman–Crippen MR) is 447 cm³/mol. The van der Waals surface area contributed by atoms with Crippen LogP contribution in [0.15, 0.2) is 358 Å². The van der Waals surface area contributed by atoms with Crippen LogP contribution in [-0.4, -0.2) is 43.6 Å². The number of hydrogen-bond acceptors (Lipinski definition) is 8. The summed E-state index contributed by atoms with van der Waals surface area (Å²) in [6.45, 7) is 0. The highest BCUT2D eigenvalue weighted by molar-refractivity contribution is 7.26. The first-order valence-corrected chi connectivity index (χ1v) is 37.4. The van der Waals surface area contributed by atoms with Gasteiger partial charge in [0.2, 0.25) is 0 Å². The van der Waals surface area contributed by atoms with Gasteiger partial charge in [0.15, 0.2) is 34.9 Å². The van der Waals surface area contributed by atoms with Gasteiger partial charge in [-0.1, -0.05) is 249 Å². The molecule has 0 N–H and O–H groups in total. The summed E-state index contributed by atoms with van der Waals surface area (Å²) in [7, 11) is 0. The Labute approximate surface area is 622 Å². The Morgan fingerprint density at radius 2 is 0.486 bits per heavy atom. The van der Waals surface area contributed by atoms with Crippen LogP contribution in [-0.2, 0) is 0 Å². The number of para-hydroxylation sites is 3. The molecule has 0 unspecified atom stereocenters. The van der Waals surface area contributed by atoms with E-state index in [0.717, 1.165) is 67.1 Å². The Kier molecular flexibility index (Phi) is 14.8. The fourth-order valence-electron chi connectivity index (χ4n) is 15.7. The molecular formula is C96H59N9S2. The summed E-state index contributed by atoms with van der Waals surface area (Å²) >= 11 is 3.71. The molecule has 500 valence electrons. The lowest BCUT2D eigenvalue weighted by atomic mass is 10.0. The summed E-state index contributed by atoms with van der Waals surface area (Å²) in [5.41, 5.74) is 18.4. The molecule has 15 aromatic carbocycles. The first kappa shape index (κ1) is 61.8. The molecule has 107 heavy (non-hydrogen) atoms. The second-order valence-corrected chi connectivity index (χ2v) is 29.0. The molecule has 0 saturated heterocycles. The van der Waals surface area contributed by atoms with Crippen LogP contribution < -0.4 is 0 Å². The molecule has 7 heterocycles. The minimum Gasteiger partial charge on any atom is -0.309 e. The quantitative estimate of drug-likeness (QED) is 0.135. The van der Waals surface area contributed by atoms with E-state index >= 15 is 0 Å². The van der Waals surface area contributed by atoms with Crippen LogP contribution in [0.1, 0.15) is 0 Å². The predicted octanol–water partition coefficient (Wildman–Crippen LogP) is 25.4. The molecule has 11 heteroatoms. The molecule has 0 bridgehead atoms. The summed E-state index contributed by atoms with van der Waals surface area (Å²) < 4.78 is 12.4. The Balaban J connectivity index is 0.000000138. The van der Waals surface area contributed by atoms with Gasteiger partial charge in [-0.15, -0.1) is 22.7 Å². The van der Waals surface area contributed by atoms with Gasteiger partial charge in [-0.05, 0) is 120 Å². The molecular weight excluding hydrogens is 1340 g/mol. The van der Waals surface area contributed by atoms with E-state index in [2.05, 4.69) is 275 Å². The Morgan fingerprint density at radius 1 is 0.178 bits per heavy atom. The van der Waals surface area contributed by atoms with Gasteiger partial charge in [0.05, 0.1) is 33.1 Å². The first-order chi connectivity index (χ1) is 53.0. The zero-order chi connectivity index (χ0) is 70.5. The molecule has 0 saturated carbocycles. The molecule has 0 spiro atoms. The highest BCUT2D eigenvalue weighted by atomic mass is 32.1. The third-order valence-corrected chi connectivity index (χ3v) is 22.9. The number of rotatable bonds is 10. The average molecular weight is 1400 g/mol. The molecule has 0 fully saturated rings. The normalized spacial score (nSPS) is 11.7. The van der Waals surface area contributed by atoms with Crippen LogP contribution in [0, 0.1) is 0 Å². The van der Waals surface area contributed by atoms with Crippen LogP contribution in [0.2, 0.25) is 0 Å². The average Bonchev–Trinajstić information content (AvgIpc) is 1.56. The minimum atomic E-state index is 0.636. The highest BCUT2D eigenvalue weighted by Gasteiger charge is 2.24. The van der Waals surface area contributed by atoms with Crippen molar-refractivity contribution < 1.29 is 0 Å². The summed E-state index contributed by atoms with van der Waals surface area (Å²) in [5, 5.41) is 12.6. The van der Waals surface area contributed by atoms with E-state index in [4.69, 9.17) is 29.9 Å². The number of fused-ring (bicyclic) bond motifs is 17. The summed E-state index contributed by atoms with van der Waals surface area (Å²) in [6.07, 6.45) is 0. The van der Waals surface area contributed by atoms with Crippen molar-refractivity contribution in [2.75, 3.05) is 0 Å². The lowest BCUT2D eigenvalue weighted by Crippen LogP contribution is -2.00. The van der Waals surface area contributed by atoms with Gasteiger partial charge in [0.25, 0.3) is 0 Å². The molecule has 22 aromatic rings. The van der Waals surface area contributed by atoms with Crippen LogP contribution in [0.3, 0.4) is 0 Å². The van der Waals surface area contributed by atoms with Crippen LogP contribution >= 0.6 is 22.7 Å². The molecule has 0 amide bonds. The van der Waals surface area contributed by atoms with E-state index in [1.165, 1.54) is 100 Å². The number of benzene rings is 15. The van der Waals surface area contributed by atoms with Gasteiger partial charge in [0, 0.05) is 123 Å². The number of aromatic nitrogens is 9. The van der Waals surface area contributed by atoms with E-state index < -0.39 is 0 Å². The molecule has 9 nitrogen and oxygen atoms in total. The second kappa shape index (κ2) is 25.5. The van der Waals surface area contributed by atoms with Crippen molar-refractivity contribution in [2.24, 2.45) is 0 Å². The van der Waals surface area contributed by atoms with Crippen LogP contribution in [0.4, 0.5) is 0 Å². The van der Waals surface area contributed by atoms with Crippen molar-refractivity contribution in [1.82, 2.24) is 43.6 Å². The Morgan fingerprint density at radius 3 is 0.935 bits per heavy atom. The molecule has 0 radical (unpaired) electrons. The first-order valence-electron chi connectivity index (χ1n) is 35.8. The lowest BCUT2D eigenvalue weighted by Gasteiger charge is -2.13. The SMILES string of the molecule is c1ccc(-c2cccc(-c3nc(-c4ccccc4)nc(-c4ccc(-n5c6ccccc6c6ccc7sc8ccccc8c7c65)cc4)n3)c2)cc1.c1ccc(-c2nc(-c3ccccc3)nc(-c3ccc(-n4c5cc(-n6c7ccccc7c7ccccc76)ccc5c5ccc6sc7ccccc7c6c54)cc3)n2)cc1. The standard InChI is InChI=1S/C51H31N5S.C45H28N4S/c1-3-13-32(14-4-1)49-52-50(33-15-5-2-6-16-33)54-51(53-49)34-23-25-35(26-24-34)56-44-31-36(55-42-20-10-7-17-37(42)38-18-8-11-21-43(38)55)27-28-39(44)40-29-30-46-47(48(40)56)41-19-9-12-22-45(41)57-46;1-3-12-29(13-4-1)32-16-11-17-33(28-32)45-47-43(30-14-5-2-6-15-30)46-44(48-45)31-22-24-34(25-23-31)49-38-20-9-7-18-35(38)36-26-27-40-41(42(36)49)37-19-8-10-21-39(37)50-40/h1-31H;1-28H. The van der Waals surface area contributed by atoms with E-state index in [-0.39, 0.29) is 0 Å². The zero-order valence-corrected chi connectivity index (χ0v) is 59.0. The van der Waals surface area contributed by atoms with Gasteiger partial charge in [-0.25, -0.2) is 29.9 Å². The molecule has 0 aliphatic carbocycles. The van der Waals surface area contributed by atoms with Crippen LogP contribution in [0.25, 0.3) is 202 Å².